The van der Waals surface area contributed by atoms with E-state index in [9.17, 15) is 50.3 Å². The summed E-state index contributed by atoms with van der Waals surface area (Å²) in [5.74, 6) is -0.770. The molecule has 0 aromatic heterocycles. The zero-order valence-corrected chi connectivity index (χ0v) is 31.4. The van der Waals surface area contributed by atoms with E-state index in [1.807, 2.05) is 20.8 Å². The lowest BCUT2D eigenvalue weighted by Crippen LogP contribution is -2.66. The molecule has 3 heterocycles. The second-order valence-corrected chi connectivity index (χ2v) is 18.0. The molecule has 3 aliphatic heterocycles. The minimum absolute atomic E-state index is 0.0502. The van der Waals surface area contributed by atoms with E-state index in [2.05, 4.69) is 0 Å². The highest BCUT2D eigenvalue weighted by molar-refractivity contribution is 7.54. The van der Waals surface area contributed by atoms with Crippen molar-refractivity contribution in [2.45, 2.75) is 164 Å². The molecular weight excluding hydrogens is 703 g/mol. The molecule has 9 N–H and O–H groups in total. The molecule has 0 spiro atoms. The minimum Gasteiger partial charge on any atom is -0.394 e. The summed E-state index contributed by atoms with van der Waals surface area (Å²) in [5, 5.41) is 84.8. The maximum absolute atomic E-state index is 12.2. The number of hydrogen-bond donors (Lipinski definition) is 9. The number of aliphatic hydroxyl groups excluding tert-OH is 8. The molecule has 0 amide bonds. The normalized spacial score (nSPS) is 41.0. The summed E-state index contributed by atoms with van der Waals surface area (Å²) < 4.78 is 57.5. The Morgan fingerprint density at radius 2 is 1.10 bits per heavy atom. The SMILES string of the molecule is CC1C(O)C(COC(C)(C)C)OC(OC2C(O)C(CO)OC(OC3C(O)C(CO)OC(OCCCCCOP(=O)(O)C(C)(C)C)C3O)C2O)C1O. The van der Waals surface area contributed by atoms with Crippen molar-refractivity contribution in [2.75, 3.05) is 33.0 Å². The van der Waals surface area contributed by atoms with Crippen LogP contribution >= 0.6 is 7.60 Å². The van der Waals surface area contributed by atoms with Gasteiger partial charge in [-0.1, -0.05) is 6.92 Å². The van der Waals surface area contributed by atoms with Crippen molar-refractivity contribution in [3.63, 3.8) is 0 Å². The van der Waals surface area contributed by atoms with Gasteiger partial charge in [0.2, 0.25) is 0 Å². The molecule has 0 aliphatic carbocycles. The van der Waals surface area contributed by atoms with E-state index >= 15 is 0 Å². The lowest BCUT2D eigenvalue weighted by molar-refractivity contribution is -0.379. The third kappa shape index (κ3) is 11.8. The van der Waals surface area contributed by atoms with Crippen molar-refractivity contribution in [1.82, 2.24) is 0 Å². The van der Waals surface area contributed by atoms with Crippen molar-refractivity contribution < 1.29 is 88.0 Å². The van der Waals surface area contributed by atoms with Gasteiger partial charge < -0.3 is 83.4 Å². The van der Waals surface area contributed by atoms with Gasteiger partial charge in [-0.15, -0.1) is 0 Å². The van der Waals surface area contributed by atoms with E-state index in [1.165, 1.54) is 0 Å². The summed E-state index contributed by atoms with van der Waals surface area (Å²) in [6, 6.07) is 0. The molecule has 18 nitrogen and oxygen atoms in total. The largest absolute Gasteiger partial charge is 0.394 e. The Kier molecular flexibility index (Phi) is 16.7. The van der Waals surface area contributed by atoms with Crippen LogP contribution < -0.4 is 0 Å². The molecule has 19 heteroatoms. The minimum atomic E-state index is -3.79. The molecule has 3 fully saturated rings. The van der Waals surface area contributed by atoms with Crippen molar-refractivity contribution in [2.24, 2.45) is 5.92 Å². The summed E-state index contributed by atoms with van der Waals surface area (Å²) >= 11 is 0. The predicted molar refractivity (Wildman–Crippen MR) is 176 cm³/mol. The topological polar surface area (TPSA) is 273 Å². The number of unbranched alkanes of at least 4 members (excludes halogenated alkanes) is 2. The average Bonchev–Trinajstić information content (AvgIpc) is 3.04. The van der Waals surface area contributed by atoms with Crippen LogP contribution in [0.25, 0.3) is 0 Å². The van der Waals surface area contributed by atoms with Gasteiger partial charge in [0.1, 0.15) is 61.0 Å². The summed E-state index contributed by atoms with van der Waals surface area (Å²) in [6.07, 6.45) is -19.4. The fourth-order valence-electron chi connectivity index (χ4n) is 5.65. The monoisotopic (exact) mass is 764 g/mol. The van der Waals surface area contributed by atoms with Crippen LogP contribution in [0.2, 0.25) is 0 Å². The molecular formula is C32H61O18P. The third-order valence-electron chi connectivity index (χ3n) is 9.14. The highest BCUT2D eigenvalue weighted by atomic mass is 31.2. The van der Waals surface area contributed by atoms with Crippen LogP contribution in [-0.2, 0) is 42.2 Å². The zero-order valence-electron chi connectivity index (χ0n) is 30.5. The Bertz CT molecular complexity index is 1090. The van der Waals surface area contributed by atoms with E-state index in [0.717, 1.165) is 0 Å². The fraction of sp³-hybridized carbons (Fsp3) is 1.00. The zero-order chi connectivity index (χ0) is 38.5. The second kappa shape index (κ2) is 18.9. The van der Waals surface area contributed by atoms with Crippen LogP contribution in [0.15, 0.2) is 0 Å². The summed E-state index contributed by atoms with van der Waals surface area (Å²) in [7, 11) is -3.79. The standard InChI is InChI=1S/C32H61O18P/c1-16-20(35)19(15-44-31(2,3)4)48-29(21(16)36)49-27-23(38)18(14-34)47-30(25(27)40)50-26-22(37)17(13-33)46-28(24(26)39)43-11-9-8-10-12-45-51(41,42)32(5,6)7/h16-30,33-40H,8-15H2,1-7H3,(H,41,42). The smallest absolute Gasteiger partial charge is 0.333 e. The molecule has 16 atom stereocenters. The molecule has 0 saturated carbocycles. The molecule has 3 saturated heterocycles. The van der Waals surface area contributed by atoms with Crippen LogP contribution in [0.4, 0.5) is 0 Å². The quantitative estimate of drug-likeness (QED) is 0.0654. The lowest BCUT2D eigenvalue weighted by Gasteiger charge is -2.48. The second-order valence-electron chi connectivity index (χ2n) is 15.4. The van der Waals surface area contributed by atoms with E-state index in [4.69, 9.17) is 37.7 Å². The Balaban J connectivity index is 1.65. The van der Waals surface area contributed by atoms with Gasteiger partial charge in [0.25, 0.3) is 0 Å². The molecule has 0 radical (unpaired) electrons. The van der Waals surface area contributed by atoms with Crippen molar-refractivity contribution in [3.05, 3.63) is 0 Å². The summed E-state index contributed by atoms with van der Waals surface area (Å²) in [4.78, 5) is 10.0. The Hall–Kier alpha value is -0.450. The number of hydrogen-bond acceptors (Lipinski definition) is 17. The van der Waals surface area contributed by atoms with E-state index in [0.29, 0.717) is 19.3 Å². The van der Waals surface area contributed by atoms with Crippen molar-refractivity contribution >= 4 is 7.60 Å². The molecule has 0 bridgehead atoms. The van der Waals surface area contributed by atoms with E-state index in [1.54, 1.807) is 27.7 Å². The highest BCUT2D eigenvalue weighted by Crippen LogP contribution is 2.54. The van der Waals surface area contributed by atoms with Crippen LogP contribution in [0.5, 0.6) is 0 Å². The number of ether oxygens (including phenoxy) is 7. The fourth-order valence-corrected chi connectivity index (χ4v) is 6.42. The Morgan fingerprint density at radius 3 is 1.61 bits per heavy atom. The first kappa shape index (κ1) is 44.9. The predicted octanol–water partition coefficient (Wildman–Crippen LogP) is -1.28. The Labute approximate surface area is 299 Å². The molecule has 3 aliphatic rings. The van der Waals surface area contributed by atoms with Gasteiger partial charge in [-0.05, 0) is 60.8 Å². The van der Waals surface area contributed by atoms with Crippen LogP contribution in [0.3, 0.4) is 0 Å². The van der Waals surface area contributed by atoms with E-state index < -0.39 is 123 Å². The molecule has 16 unspecified atom stereocenters. The number of rotatable bonds is 16. The summed E-state index contributed by atoms with van der Waals surface area (Å²) in [5.41, 5.74) is -0.570. The summed E-state index contributed by atoms with van der Waals surface area (Å²) in [6.45, 7) is 10.4. The third-order valence-corrected chi connectivity index (χ3v) is 11.4. The maximum atomic E-state index is 12.2. The van der Waals surface area contributed by atoms with Gasteiger partial charge in [0, 0.05) is 12.5 Å². The van der Waals surface area contributed by atoms with Gasteiger partial charge in [-0.3, -0.25) is 4.57 Å². The molecule has 302 valence electrons. The van der Waals surface area contributed by atoms with Crippen molar-refractivity contribution in [3.8, 4) is 0 Å². The van der Waals surface area contributed by atoms with Crippen molar-refractivity contribution in [1.29, 1.82) is 0 Å². The first-order valence-corrected chi connectivity index (χ1v) is 19.0. The van der Waals surface area contributed by atoms with Gasteiger partial charge >= 0.3 is 7.60 Å². The Morgan fingerprint density at radius 1 is 0.627 bits per heavy atom. The average molecular weight is 765 g/mol. The molecule has 3 rings (SSSR count). The lowest BCUT2D eigenvalue weighted by atomic mass is 9.90. The molecule has 0 aromatic rings. The van der Waals surface area contributed by atoms with Crippen LogP contribution in [0, 0.1) is 5.92 Å². The first-order chi connectivity index (χ1) is 23.6. The number of aliphatic hydroxyl groups is 8. The molecule has 0 aromatic carbocycles. The van der Waals surface area contributed by atoms with Crippen LogP contribution in [-0.4, -0.2) is 176 Å². The first-order valence-electron chi connectivity index (χ1n) is 17.4. The van der Waals surface area contributed by atoms with Crippen LogP contribution in [0.1, 0.15) is 67.7 Å². The van der Waals surface area contributed by atoms with Gasteiger partial charge in [0.15, 0.2) is 18.9 Å². The van der Waals surface area contributed by atoms with Gasteiger partial charge in [0.05, 0.1) is 43.3 Å². The van der Waals surface area contributed by atoms with Gasteiger partial charge in [-0.25, -0.2) is 0 Å². The maximum Gasteiger partial charge on any atom is 0.333 e. The van der Waals surface area contributed by atoms with E-state index in [-0.39, 0.29) is 19.8 Å². The molecule has 51 heavy (non-hydrogen) atoms. The van der Waals surface area contributed by atoms with Gasteiger partial charge in [-0.2, -0.15) is 0 Å². The highest BCUT2D eigenvalue weighted by Gasteiger charge is 2.53.